The molecule has 0 bridgehead atoms. The Kier molecular flexibility index (Phi) is 6.36. The maximum atomic E-state index is 12.2. The second-order valence-electron chi connectivity index (χ2n) is 6.89. The van der Waals surface area contributed by atoms with Crippen molar-refractivity contribution in [2.24, 2.45) is 10.7 Å². The smallest absolute Gasteiger partial charge is 0.231 e. The fourth-order valence-corrected chi connectivity index (χ4v) is 3.91. The van der Waals surface area contributed by atoms with Gasteiger partial charge in [-0.25, -0.2) is 0 Å². The molecule has 1 heterocycles. The molecule has 1 amide bonds. The Hall–Kier alpha value is -2.09. The summed E-state index contributed by atoms with van der Waals surface area (Å²) >= 11 is 0. The van der Waals surface area contributed by atoms with Crippen LogP contribution in [0.4, 0.5) is 11.4 Å². The number of para-hydroxylation sites is 1. The first-order valence-corrected chi connectivity index (χ1v) is 9.28. The van der Waals surface area contributed by atoms with Gasteiger partial charge in [0, 0.05) is 17.9 Å². The normalized spacial score (nSPS) is 15.8. The first-order valence-electron chi connectivity index (χ1n) is 9.28. The maximum absolute atomic E-state index is 12.2. The molecule has 142 valence electrons. The number of fused-ring (bicyclic) bond motifs is 2. The molecule has 2 aliphatic rings. The van der Waals surface area contributed by atoms with Gasteiger partial charge < -0.3 is 16.0 Å². The topological polar surface area (TPSA) is 70.7 Å². The van der Waals surface area contributed by atoms with Crippen molar-refractivity contribution in [3.63, 3.8) is 0 Å². The zero-order chi connectivity index (χ0) is 17.9. The molecule has 1 aliphatic heterocycles. The molecule has 5 nitrogen and oxygen atoms in total. The summed E-state index contributed by atoms with van der Waals surface area (Å²) in [6, 6.07) is 14.3. The largest absolute Gasteiger partial charge is 0.370 e. The minimum Gasteiger partial charge on any atom is -0.370 e. The Bertz CT molecular complexity index is 865. The summed E-state index contributed by atoms with van der Waals surface area (Å²) in [5, 5.41) is 3.25. The highest BCUT2D eigenvalue weighted by atomic mass is 127. The van der Waals surface area contributed by atoms with E-state index in [0.717, 1.165) is 29.8 Å². The van der Waals surface area contributed by atoms with Gasteiger partial charge in [0.2, 0.25) is 5.91 Å². The fourth-order valence-electron chi connectivity index (χ4n) is 3.91. The first kappa shape index (κ1) is 19.7. The summed E-state index contributed by atoms with van der Waals surface area (Å²) in [6.45, 7) is 1.03. The molecule has 2 aromatic carbocycles. The van der Waals surface area contributed by atoms with Crippen molar-refractivity contribution in [3.8, 4) is 0 Å². The molecule has 0 saturated heterocycles. The van der Waals surface area contributed by atoms with Gasteiger partial charge in [0.1, 0.15) is 0 Å². The molecule has 0 radical (unpaired) electrons. The van der Waals surface area contributed by atoms with Crippen LogP contribution in [-0.2, 0) is 24.1 Å². The third kappa shape index (κ3) is 4.26. The van der Waals surface area contributed by atoms with Crippen molar-refractivity contribution in [3.05, 3.63) is 59.2 Å². The highest BCUT2D eigenvalue weighted by Crippen LogP contribution is 2.28. The second kappa shape index (κ2) is 8.73. The van der Waals surface area contributed by atoms with E-state index in [9.17, 15) is 4.79 Å². The van der Waals surface area contributed by atoms with E-state index >= 15 is 0 Å². The Morgan fingerprint density at radius 3 is 2.74 bits per heavy atom. The number of hydrogen-bond donors (Lipinski definition) is 2. The maximum Gasteiger partial charge on any atom is 0.231 e. The van der Waals surface area contributed by atoms with Crippen molar-refractivity contribution in [2.75, 3.05) is 23.3 Å². The number of amides is 1. The second-order valence-corrected chi connectivity index (χ2v) is 6.89. The van der Waals surface area contributed by atoms with E-state index in [-0.39, 0.29) is 29.9 Å². The fraction of sp³-hybridized carbons (Fsp3) is 0.333. The summed E-state index contributed by atoms with van der Waals surface area (Å²) < 4.78 is 0. The van der Waals surface area contributed by atoms with E-state index in [1.54, 1.807) is 4.90 Å². The summed E-state index contributed by atoms with van der Waals surface area (Å²) in [7, 11) is 0. The van der Waals surface area contributed by atoms with E-state index in [1.165, 1.54) is 24.0 Å². The van der Waals surface area contributed by atoms with E-state index in [2.05, 4.69) is 28.5 Å². The molecule has 2 aromatic rings. The number of anilines is 2. The summed E-state index contributed by atoms with van der Waals surface area (Å²) in [5.74, 6) is 0.536. The molecule has 0 unspecified atom stereocenters. The zero-order valence-electron chi connectivity index (χ0n) is 15.3. The molecule has 0 saturated carbocycles. The lowest BCUT2D eigenvalue weighted by atomic mass is 9.90. The summed E-state index contributed by atoms with van der Waals surface area (Å²) in [4.78, 5) is 18.4. The van der Waals surface area contributed by atoms with E-state index in [1.807, 2.05) is 24.3 Å². The Balaban J connectivity index is 0.00000210. The zero-order valence-corrected chi connectivity index (χ0v) is 17.6. The van der Waals surface area contributed by atoms with Crippen LogP contribution in [0.5, 0.6) is 0 Å². The molecule has 6 heteroatoms. The molecule has 0 spiro atoms. The van der Waals surface area contributed by atoms with Crippen LogP contribution in [0.25, 0.3) is 0 Å². The SMILES string of the molecule is I.NC(=NCCN1C(=O)Cc2ccccc21)Nc1cccc2c1CCCC2. The summed E-state index contributed by atoms with van der Waals surface area (Å²) in [6.07, 6.45) is 5.18. The standard InChI is InChI=1S/C21H24N4O.HI/c22-21(24-18-10-5-8-15-6-1-3-9-17(15)18)23-12-13-25-19-11-4-2-7-16(19)14-20(25)26;/h2,4-5,7-8,10-11H,1,3,6,9,12-14H2,(H3,22,23,24);1H. The number of aryl methyl sites for hydroxylation is 1. The van der Waals surface area contributed by atoms with Crippen LogP contribution in [0.1, 0.15) is 29.5 Å². The monoisotopic (exact) mass is 476 g/mol. The number of guanidine groups is 1. The average molecular weight is 476 g/mol. The highest BCUT2D eigenvalue weighted by molar-refractivity contribution is 14.0. The van der Waals surface area contributed by atoms with Crippen molar-refractivity contribution in [2.45, 2.75) is 32.1 Å². The van der Waals surface area contributed by atoms with Gasteiger partial charge in [-0.3, -0.25) is 9.79 Å². The van der Waals surface area contributed by atoms with Crippen LogP contribution >= 0.6 is 24.0 Å². The quantitative estimate of drug-likeness (QED) is 0.403. The van der Waals surface area contributed by atoms with Gasteiger partial charge in [-0.05, 0) is 54.5 Å². The van der Waals surface area contributed by atoms with Crippen LogP contribution in [0.2, 0.25) is 0 Å². The minimum absolute atomic E-state index is 0. The lowest BCUT2D eigenvalue weighted by molar-refractivity contribution is -0.117. The molecular weight excluding hydrogens is 451 g/mol. The van der Waals surface area contributed by atoms with Crippen LogP contribution in [0, 0.1) is 0 Å². The number of halogens is 1. The van der Waals surface area contributed by atoms with Crippen LogP contribution in [0.15, 0.2) is 47.5 Å². The number of hydrogen-bond acceptors (Lipinski definition) is 2. The number of aliphatic imine (C=N–C) groups is 1. The number of rotatable bonds is 4. The minimum atomic E-state index is 0. The average Bonchev–Trinajstić information content (AvgIpc) is 2.98. The van der Waals surface area contributed by atoms with Crippen LogP contribution in [-0.4, -0.2) is 25.0 Å². The Labute approximate surface area is 177 Å². The van der Waals surface area contributed by atoms with Gasteiger partial charge >= 0.3 is 0 Å². The Morgan fingerprint density at radius 1 is 1.07 bits per heavy atom. The van der Waals surface area contributed by atoms with E-state index in [4.69, 9.17) is 5.73 Å². The van der Waals surface area contributed by atoms with Crippen LogP contribution in [0.3, 0.4) is 0 Å². The predicted octanol–water partition coefficient (Wildman–Crippen LogP) is 3.50. The molecule has 3 N–H and O–H groups in total. The number of carbonyl (C=O) groups is 1. The van der Waals surface area contributed by atoms with E-state index < -0.39 is 0 Å². The number of nitrogens with one attached hydrogen (secondary N) is 1. The Morgan fingerprint density at radius 2 is 1.85 bits per heavy atom. The number of nitrogens with zero attached hydrogens (tertiary/aromatic N) is 2. The first-order chi connectivity index (χ1) is 12.7. The lowest BCUT2D eigenvalue weighted by Gasteiger charge is -2.20. The molecule has 0 atom stereocenters. The van der Waals surface area contributed by atoms with Gasteiger partial charge in [-0.1, -0.05) is 30.3 Å². The van der Waals surface area contributed by atoms with Gasteiger partial charge in [0.05, 0.1) is 13.0 Å². The van der Waals surface area contributed by atoms with Crippen molar-refractivity contribution in [1.82, 2.24) is 0 Å². The van der Waals surface area contributed by atoms with Gasteiger partial charge in [-0.15, -0.1) is 24.0 Å². The number of benzene rings is 2. The number of carbonyl (C=O) groups excluding carboxylic acids is 1. The summed E-state index contributed by atoms with van der Waals surface area (Å²) in [5.41, 5.74) is 12.0. The third-order valence-corrected chi connectivity index (χ3v) is 5.19. The van der Waals surface area contributed by atoms with Crippen molar-refractivity contribution in [1.29, 1.82) is 0 Å². The van der Waals surface area contributed by atoms with Gasteiger partial charge in [-0.2, -0.15) is 0 Å². The molecule has 0 fully saturated rings. The van der Waals surface area contributed by atoms with Crippen LogP contribution < -0.4 is 16.0 Å². The molecule has 27 heavy (non-hydrogen) atoms. The number of nitrogens with two attached hydrogens (primary N) is 1. The van der Waals surface area contributed by atoms with Crippen molar-refractivity contribution >= 4 is 47.2 Å². The lowest BCUT2D eigenvalue weighted by Crippen LogP contribution is -2.31. The molecule has 1 aliphatic carbocycles. The molecule has 4 rings (SSSR count). The van der Waals surface area contributed by atoms with Gasteiger partial charge in [0.15, 0.2) is 5.96 Å². The highest BCUT2D eigenvalue weighted by Gasteiger charge is 2.25. The molecular formula is C21H25IN4O. The van der Waals surface area contributed by atoms with Gasteiger partial charge in [0.25, 0.3) is 0 Å². The van der Waals surface area contributed by atoms with Crippen molar-refractivity contribution < 1.29 is 4.79 Å². The predicted molar refractivity (Wildman–Crippen MR) is 121 cm³/mol. The van der Waals surface area contributed by atoms with E-state index in [0.29, 0.717) is 25.5 Å². The molecule has 0 aromatic heterocycles. The third-order valence-electron chi connectivity index (χ3n) is 5.19.